The zero-order valence-electron chi connectivity index (χ0n) is 11.6. The Morgan fingerprint density at radius 2 is 1.95 bits per heavy atom. The zero-order chi connectivity index (χ0) is 14.1. The Kier molecular flexibility index (Phi) is 3.16. The fraction of sp³-hybridized carbons (Fsp3) is 0.188. The van der Waals surface area contributed by atoms with Gasteiger partial charge in [0.2, 0.25) is 0 Å². The summed E-state index contributed by atoms with van der Waals surface area (Å²) in [5.74, 6) is 0.685. The van der Waals surface area contributed by atoms with Crippen LogP contribution in [0.2, 0.25) is 0 Å². The Bertz CT molecular complexity index is 748. The van der Waals surface area contributed by atoms with E-state index in [1.807, 2.05) is 44.3 Å². The molecule has 102 valence electrons. The lowest BCUT2D eigenvalue weighted by molar-refractivity contribution is 0.561. The quantitative estimate of drug-likeness (QED) is 0.790. The molecule has 0 fully saturated rings. The van der Waals surface area contributed by atoms with Gasteiger partial charge in [-0.15, -0.1) is 0 Å². The van der Waals surface area contributed by atoms with Crippen molar-refractivity contribution >= 4 is 22.5 Å². The molecule has 0 aliphatic heterocycles. The highest BCUT2D eigenvalue weighted by molar-refractivity contribution is 5.79. The smallest absolute Gasteiger partial charge is 0.192 e. The van der Waals surface area contributed by atoms with E-state index in [0.29, 0.717) is 12.4 Å². The summed E-state index contributed by atoms with van der Waals surface area (Å²) in [6.45, 7) is 2.40. The van der Waals surface area contributed by atoms with Gasteiger partial charge >= 0.3 is 0 Å². The normalized spacial score (nSPS) is 10.9. The minimum atomic E-state index is 0.545. The Morgan fingerprint density at radius 3 is 2.75 bits per heavy atom. The van der Waals surface area contributed by atoms with E-state index < -0.39 is 0 Å². The summed E-state index contributed by atoms with van der Waals surface area (Å²) in [5, 5.41) is 0. The number of anilines is 2. The molecule has 2 N–H and O–H groups in total. The van der Waals surface area contributed by atoms with Gasteiger partial charge in [-0.05, 0) is 35.9 Å². The van der Waals surface area contributed by atoms with Gasteiger partial charge in [0.05, 0.1) is 0 Å². The van der Waals surface area contributed by atoms with Crippen molar-refractivity contribution in [1.82, 2.24) is 4.98 Å². The second kappa shape index (κ2) is 4.98. The lowest BCUT2D eigenvalue weighted by atomic mass is 10.1. The van der Waals surface area contributed by atoms with Gasteiger partial charge in [-0.2, -0.15) is 0 Å². The van der Waals surface area contributed by atoms with E-state index in [0.717, 1.165) is 28.0 Å². The van der Waals surface area contributed by atoms with E-state index >= 15 is 0 Å². The second-order valence-corrected chi connectivity index (χ2v) is 4.82. The fourth-order valence-corrected chi connectivity index (χ4v) is 2.28. The third kappa shape index (κ3) is 2.26. The Morgan fingerprint density at radius 1 is 1.15 bits per heavy atom. The zero-order valence-corrected chi connectivity index (χ0v) is 11.6. The average molecular weight is 267 g/mol. The van der Waals surface area contributed by atoms with Crippen molar-refractivity contribution < 1.29 is 4.42 Å². The van der Waals surface area contributed by atoms with Crippen molar-refractivity contribution in [2.24, 2.45) is 5.73 Å². The molecule has 20 heavy (non-hydrogen) atoms. The maximum atomic E-state index is 5.69. The van der Waals surface area contributed by atoms with Gasteiger partial charge in [0, 0.05) is 31.9 Å². The minimum Gasteiger partial charge on any atom is -0.441 e. The number of nitrogens with zero attached hydrogens (tertiary/aromatic N) is 2. The highest BCUT2D eigenvalue weighted by Gasteiger charge is 2.08. The topological polar surface area (TPSA) is 55.3 Å². The molecule has 1 heterocycles. The Balaban J connectivity index is 2.00. The highest BCUT2D eigenvalue weighted by Crippen LogP contribution is 2.27. The molecule has 0 radical (unpaired) electrons. The molecule has 0 bridgehead atoms. The number of rotatable bonds is 3. The van der Waals surface area contributed by atoms with E-state index in [9.17, 15) is 0 Å². The summed E-state index contributed by atoms with van der Waals surface area (Å²) in [4.78, 5) is 6.48. The van der Waals surface area contributed by atoms with Crippen LogP contribution >= 0.6 is 0 Å². The van der Waals surface area contributed by atoms with Crippen LogP contribution in [0.4, 0.5) is 11.4 Å². The molecule has 4 nitrogen and oxygen atoms in total. The third-order valence-electron chi connectivity index (χ3n) is 3.40. The molecular formula is C16H17N3O. The monoisotopic (exact) mass is 267 g/mol. The summed E-state index contributed by atoms with van der Waals surface area (Å²) < 4.78 is 5.50. The molecule has 4 heteroatoms. The number of aromatic nitrogens is 1. The van der Waals surface area contributed by atoms with Gasteiger partial charge in [0.15, 0.2) is 11.5 Å². The standard InChI is InChI=1S/C16H17N3O/c1-11-18-15-9-14(6-7-16(15)20-11)19(2)13-5-3-4-12(8-13)10-17/h3-9H,10,17H2,1-2H3. The molecule has 3 aromatic rings. The summed E-state index contributed by atoms with van der Waals surface area (Å²) >= 11 is 0. The molecule has 0 unspecified atom stereocenters. The molecule has 0 saturated carbocycles. The van der Waals surface area contributed by atoms with Gasteiger partial charge < -0.3 is 15.1 Å². The third-order valence-corrected chi connectivity index (χ3v) is 3.40. The molecular weight excluding hydrogens is 250 g/mol. The molecule has 0 spiro atoms. The van der Waals surface area contributed by atoms with Crippen molar-refractivity contribution in [3.8, 4) is 0 Å². The lowest BCUT2D eigenvalue weighted by Gasteiger charge is -2.20. The van der Waals surface area contributed by atoms with Crippen molar-refractivity contribution in [3.63, 3.8) is 0 Å². The molecule has 0 atom stereocenters. The molecule has 0 saturated heterocycles. The Hall–Kier alpha value is -2.33. The van der Waals surface area contributed by atoms with Gasteiger partial charge in [-0.25, -0.2) is 4.98 Å². The van der Waals surface area contributed by atoms with Crippen LogP contribution in [0.25, 0.3) is 11.1 Å². The van der Waals surface area contributed by atoms with Gasteiger partial charge in [-0.3, -0.25) is 0 Å². The molecule has 3 rings (SSSR count). The lowest BCUT2D eigenvalue weighted by Crippen LogP contribution is -2.10. The maximum absolute atomic E-state index is 5.69. The number of fused-ring (bicyclic) bond motifs is 1. The van der Waals surface area contributed by atoms with E-state index in [2.05, 4.69) is 22.0 Å². The number of aryl methyl sites for hydroxylation is 1. The second-order valence-electron chi connectivity index (χ2n) is 4.82. The summed E-state index contributed by atoms with van der Waals surface area (Å²) in [5.41, 5.74) is 10.7. The summed E-state index contributed by atoms with van der Waals surface area (Å²) in [6, 6.07) is 14.2. The molecule has 0 aliphatic carbocycles. The van der Waals surface area contributed by atoms with Gasteiger partial charge in [0.1, 0.15) is 5.52 Å². The first-order valence-electron chi connectivity index (χ1n) is 6.57. The van der Waals surface area contributed by atoms with Crippen LogP contribution in [0, 0.1) is 6.92 Å². The van der Waals surface area contributed by atoms with Crippen molar-refractivity contribution in [2.45, 2.75) is 13.5 Å². The average Bonchev–Trinajstić information content (AvgIpc) is 2.85. The van der Waals surface area contributed by atoms with E-state index in [4.69, 9.17) is 10.2 Å². The number of benzene rings is 2. The fourth-order valence-electron chi connectivity index (χ4n) is 2.28. The number of hydrogen-bond acceptors (Lipinski definition) is 4. The highest BCUT2D eigenvalue weighted by atomic mass is 16.3. The molecule has 0 aliphatic rings. The summed E-state index contributed by atoms with van der Waals surface area (Å²) in [7, 11) is 2.03. The SMILES string of the molecule is Cc1nc2cc(N(C)c3cccc(CN)c3)ccc2o1. The van der Waals surface area contributed by atoms with Crippen LogP contribution in [0.15, 0.2) is 46.9 Å². The molecule has 0 amide bonds. The summed E-state index contributed by atoms with van der Waals surface area (Å²) in [6.07, 6.45) is 0. The van der Waals surface area contributed by atoms with E-state index in [1.54, 1.807) is 0 Å². The first-order chi connectivity index (χ1) is 9.67. The first kappa shape index (κ1) is 12.7. The maximum Gasteiger partial charge on any atom is 0.192 e. The van der Waals surface area contributed by atoms with Gasteiger partial charge in [0.25, 0.3) is 0 Å². The molecule has 1 aromatic heterocycles. The van der Waals surface area contributed by atoms with Crippen LogP contribution in [0.5, 0.6) is 0 Å². The van der Waals surface area contributed by atoms with Crippen LogP contribution in [0.3, 0.4) is 0 Å². The predicted molar refractivity (Wildman–Crippen MR) is 81.1 cm³/mol. The Labute approximate surface area is 117 Å². The number of nitrogens with two attached hydrogens (primary N) is 1. The van der Waals surface area contributed by atoms with Crippen LogP contribution in [-0.4, -0.2) is 12.0 Å². The van der Waals surface area contributed by atoms with Crippen LogP contribution < -0.4 is 10.6 Å². The van der Waals surface area contributed by atoms with Crippen molar-refractivity contribution in [1.29, 1.82) is 0 Å². The molecule has 2 aromatic carbocycles. The minimum absolute atomic E-state index is 0.545. The first-order valence-corrected chi connectivity index (χ1v) is 6.57. The van der Waals surface area contributed by atoms with Crippen LogP contribution in [-0.2, 0) is 6.54 Å². The van der Waals surface area contributed by atoms with Crippen LogP contribution in [0.1, 0.15) is 11.5 Å². The predicted octanol–water partition coefficient (Wildman–Crippen LogP) is 3.36. The van der Waals surface area contributed by atoms with Gasteiger partial charge in [-0.1, -0.05) is 12.1 Å². The number of oxazole rings is 1. The van der Waals surface area contributed by atoms with Crippen molar-refractivity contribution in [2.75, 3.05) is 11.9 Å². The van der Waals surface area contributed by atoms with Crippen molar-refractivity contribution in [3.05, 3.63) is 53.9 Å². The largest absolute Gasteiger partial charge is 0.441 e. The number of hydrogen-bond donors (Lipinski definition) is 1. The van der Waals surface area contributed by atoms with E-state index in [1.165, 1.54) is 0 Å². The van der Waals surface area contributed by atoms with E-state index in [-0.39, 0.29) is 0 Å².